The van der Waals surface area contributed by atoms with Gasteiger partial charge in [0.05, 0.1) is 33.1 Å². The summed E-state index contributed by atoms with van der Waals surface area (Å²) in [5, 5.41) is 14.6. The predicted molar refractivity (Wildman–Crippen MR) is 102 cm³/mol. The van der Waals surface area contributed by atoms with Gasteiger partial charge in [-0.15, -0.1) is 0 Å². The summed E-state index contributed by atoms with van der Waals surface area (Å²) in [6.07, 6.45) is 0.381. The topological polar surface area (TPSA) is 110 Å². The van der Waals surface area contributed by atoms with Gasteiger partial charge in [-0.25, -0.2) is 0 Å². The molecule has 1 aromatic heterocycles. The third kappa shape index (κ3) is 3.23. The first-order valence-electron chi connectivity index (χ1n) is 8.05. The van der Waals surface area contributed by atoms with Crippen molar-refractivity contribution in [3.8, 4) is 23.1 Å². The van der Waals surface area contributed by atoms with Crippen LogP contribution in [0.25, 0.3) is 0 Å². The fourth-order valence-corrected chi connectivity index (χ4v) is 3.14. The first-order valence-corrected chi connectivity index (χ1v) is 8.46. The molecule has 1 unspecified atom stereocenters. The molecular weight excluding hydrogens is 372 g/mol. The maximum atomic E-state index is 12.3. The first kappa shape index (κ1) is 18.8. The van der Waals surface area contributed by atoms with Crippen LogP contribution in [0.3, 0.4) is 0 Å². The molecule has 9 nitrogen and oxygen atoms in total. The predicted octanol–water partition coefficient (Wildman–Crippen LogP) is 1.61. The number of benzene rings is 1. The van der Waals surface area contributed by atoms with Gasteiger partial charge in [-0.05, 0) is 29.9 Å². The number of nitrogens with zero attached hydrogens (tertiary/aromatic N) is 2. The number of H-pyrrole nitrogens is 1. The van der Waals surface area contributed by atoms with Gasteiger partial charge in [0.1, 0.15) is 5.56 Å². The molecule has 2 heterocycles. The maximum absolute atomic E-state index is 12.3. The van der Waals surface area contributed by atoms with Gasteiger partial charge in [0.25, 0.3) is 5.56 Å². The van der Waals surface area contributed by atoms with E-state index in [-0.39, 0.29) is 22.3 Å². The number of nitrogens with one attached hydrogen (secondary N) is 2. The summed E-state index contributed by atoms with van der Waals surface area (Å²) in [5.41, 5.74) is 3.86. The molecule has 27 heavy (non-hydrogen) atoms. The van der Waals surface area contributed by atoms with Gasteiger partial charge in [0.2, 0.25) is 11.6 Å². The average Bonchev–Trinajstić information content (AvgIpc) is 3.14. The molecule has 0 amide bonds. The minimum Gasteiger partial charge on any atom is -0.494 e. The Balaban J connectivity index is 1.96. The number of methoxy groups -OCH3 is 3. The highest BCUT2D eigenvalue weighted by Gasteiger charge is 2.28. The number of aromatic hydroxyl groups is 1. The largest absolute Gasteiger partial charge is 0.494 e. The lowest BCUT2D eigenvalue weighted by atomic mass is 9.99. The summed E-state index contributed by atoms with van der Waals surface area (Å²) >= 11 is 4.99. The van der Waals surface area contributed by atoms with E-state index in [4.69, 9.17) is 26.4 Å². The second-order valence-corrected chi connectivity index (χ2v) is 6.31. The van der Waals surface area contributed by atoms with Crippen molar-refractivity contribution in [3.63, 3.8) is 0 Å². The lowest BCUT2D eigenvalue weighted by Crippen LogP contribution is -2.21. The van der Waals surface area contributed by atoms with Crippen LogP contribution in [0.2, 0.25) is 0 Å². The van der Waals surface area contributed by atoms with Crippen molar-refractivity contribution in [2.45, 2.75) is 12.5 Å². The Bertz CT molecular complexity index is 1000. The van der Waals surface area contributed by atoms with Gasteiger partial charge in [-0.3, -0.25) is 14.3 Å². The molecule has 10 heteroatoms. The van der Waals surface area contributed by atoms with Crippen molar-refractivity contribution in [2.24, 2.45) is 12.1 Å². The summed E-state index contributed by atoms with van der Waals surface area (Å²) in [6.45, 7) is 0. The van der Waals surface area contributed by atoms with Crippen LogP contribution in [0.4, 0.5) is 0 Å². The molecule has 0 radical (unpaired) electrons. The van der Waals surface area contributed by atoms with Crippen molar-refractivity contribution in [2.75, 3.05) is 21.3 Å². The van der Waals surface area contributed by atoms with Gasteiger partial charge in [0.15, 0.2) is 16.3 Å². The molecule has 1 aliphatic heterocycles. The van der Waals surface area contributed by atoms with Crippen LogP contribution in [-0.4, -0.2) is 41.7 Å². The number of hydrogen-bond donors (Lipinski definition) is 3. The van der Waals surface area contributed by atoms with E-state index in [1.54, 1.807) is 21.3 Å². The standard InChI is InChI=1S/C17H20N4O5S/c1-21-16(23)13(15(22)18-17(21)27)10-7-9(19-20-10)8-5-11(24-2)14(26-4)12(6-8)25-3/h5-6,9,19,23H,7H2,1-4H3,(H,18,22,27). The van der Waals surface area contributed by atoms with Crippen LogP contribution in [0.5, 0.6) is 23.1 Å². The Hall–Kier alpha value is -3.01. The number of aromatic amines is 1. The number of hydrogen-bond acceptors (Lipinski definition) is 8. The Labute approximate surface area is 160 Å². The van der Waals surface area contributed by atoms with E-state index in [9.17, 15) is 9.90 Å². The summed E-state index contributed by atoms with van der Waals surface area (Å²) in [7, 11) is 6.18. The number of aromatic nitrogens is 2. The normalized spacial score (nSPS) is 15.9. The van der Waals surface area contributed by atoms with Gasteiger partial charge >= 0.3 is 0 Å². The molecule has 0 saturated heterocycles. The Morgan fingerprint density at radius 3 is 2.41 bits per heavy atom. The highest BCUT2D eigenvalue weighted by Crippen LogP contribution is 2.41. The van der Waals surface area contributed by atoms with Crippen molar-refractivity contribution < 1.29 is 19.3 Å². The molecule has 2 aromatic rings. The van der Waals surface area contributed by atoms with E-state index in [1.165, 1.54) is 11.7 Å². The fourth-order valence-electron chi connectivity index (χ4n) is 2.96. The zero-order chi connectivity index (χ0) is 19.7. The summed E-state index contributed by atoms with van der Waals surface area (Å²) < 4.78 is 17.5. The van der Waals surface area contributed by atoms with Crippen LogP contribution in [0.15, 0.2) is 22.0 Å². The Morgan fingerprint density at radius 1 is 1.22 bits per heavy atom. The van der Waals surface area contributed by atoms with Crippen LogP contribution in [-0.2, 0) is 7.05 Å². The summed E-state index contributed by atoms with van der Waals surface area (Å²) in [5.74, 6) is 1.30. The summed E-state index contributed by atoms with van der Waals surface area (Å²) in [4.78, 5) is 14.8. The molecule has 1 aliphatic rings. The van der Waals surface area contributed by atoms with E-state index < -0.39 is 5.56 Å². The lowest BCUT2D eigenvalue weighted by Gasteiger charge is -2.17. The zero-order valence-corrected chi connectivity index (χ0v) is 16.1. The number of hydrazone groups is 1. The molecule has 1 atom stereocenters. The van der Waals surface area contributed by atoms with Crippen molar-refractivity contribution in [1.29, 1.82) is 0 Å². The summed E-state index contributed by atoms with van der Waals surface area (Å²) in [6, 6.07) is 3.39. The van der Waals surface area contributed by atoms with Crippen molar-refractivity contribution >= 4 is 17.9 Å². The lowest BCUT2D eigenvalue weighted by molar-refractivity contribution is 0.323. The van der Waals surface area contributed by atoms with E-state index in [1.807, 2.05) is 12.1 Å². The SMILES string of the molecule is COc1cc(C2CC(c3c(O)n(C)c(=S)[nH]c3=O)=NN2)cc(OC)c1OC. The smallest absolute Gasteiger partial charge is 0.264 e. The molecule has 0 bridgehead atoms. The van der Waals surface area contributed by atoms with Gasteiger partial charge in [-0.1, -0.05) is 0 Å². The van der Waals surface area contributed by atoms with Crippen molar-refractivity contribution in [1.82, 2.24) is 15.0 Å². The first-order chi connectivity index (χ1) is 12.9. The van der Waals surface area contributed by atoms with Gasteiger partial charge in [-0.2, -0.15) is 5.10 Å². The molecule has 0 aliphatic carbocycles. The highest BCUT2D eigenvalue weighted by molar-refractivity contribution is 7.71. The second kappa shape index (κ2) is 7.31. The van der Waals surface area contributed by atoms with Crippen LogP contribution < -0.4 is 25.2 Å². The third-order valence-electron chi connectivity index (χ3n) is 4.42. The third-order valence-corrected chi connectivity index (χ3v) is 4.80. The van der Waals surface area contributed by atoms with Crippen LogP contribution in [0.1, 0.15) is 23.6 Å². The zero-order valence-electron chi connectivity index (χ0n) is 15.3. The van der Waals surface area contributed by atoms with E-state index in [0.717, 1.165) is 5.56 Å². The molecule has 0 saturated carbocycles. The van der Waals surface area contributed by atoms with Crippen LogP contribution in [0, 0.1) is 4.77 Å². The van der Waals surface area contributed by atoms with Gasteiger partial charge in [0, 0.05) is 13.5 Å². The molecular formula is C17H20N4O5S. The monoisotopic (exact) mass is 392 g/mol. The second-order valence-electron chi connectivity index (χ2n) is 5.92. The fraction of sp³-hybridized carbons (Fsp3) is 0.353. The molecule has 144 valence electrons. The molecule has 1 aromatic carbocycles. The average molecular weight is 392 g/mol. The molecule has 0 spiro atoms. The molecule has 3 rings (SSSR count). The van der Waals surface area contributed by atoms with Gasteiger partial charge < -0.3 is 24.7 Å². The highest BCUT2D eigenvalue weighted by atomic mass is 32.1. The molecule has 0 fully saturated rings. The maximum Gasteiger partial charge on any atom is 0.264 e. The van der Waals surface area contributed by atoms with E-state index in [2.05, 4.69) is 15.5 Å². The van der Waals surface area contributed by atoms with E-state index >= 15 is 0 Å². The quantitative estimate of drug-likeness (QED) is 0.663. The van der Waals surface area contributed by atoms with Crippen LogP contribution >= 0.6 is 12.2 Å². The molecule has 3 N–H and O–H groups in total. The Morgan fingerprint density at radius 2 is 1.85 bits per heavy atom. The van der Waals surface area contributed by atoms with E-state index in [0.29, 0.717) is 29.4 Å². The van der Waals surface area contributed by atoms with Crippen molar-refractivity contribution in [3.05, 3.63) is 38.4 Å². The minimum absolute atomic E-state index is 0.0912. The number of rotatable bonds is 5. The minimum atomic E-state index is -0.485. The Kier molecular flexibility index (Phi) is 5.08. The number of ether oxygens (including phenoxy) is 3.